The highest BCUT2D eigenvalue weighted by atomic mass is 16.5. The fraction of sp³-hybridized carbons (Fsp3) is 0.360. The number of ketones is 1. The molecule has 150 valence electrons. The zero-order valence-electron chi connectivity index (χ0n) is 17.2. The van der Waals surface area contributed by atoms with Gasteiger partial charge < -0.3 is 10.1 Å². The first kappa shape index (κ1) is 19.4. The van der Waals surface area contributed by atoms with Crippen LogP contribution in [-0.2, 0) is 14.3 Å². The number of hydrogen-bond acceptors (Lipinski definition) is 4. The van der Waals surface area contributed by atoms with Crippen molar-refractivity contribution < 1.29 is 14.3 Å². The normalized spacial score (nSPS) is 19.4. The van der Waals surface area contributed by atoms with Crippen LogP contribution in [0.3, 0.4) is 0 Å². The van der Waals surface area contributed by atoms with E-state index in [-0.39, 0.29) is 17.7 Å². The average Bonchev–Trinajstić information content (AvgIpc) is 2.71. The first-order valence-electron chi connectivity index (χ1n) is 10.4. The van der Waals surface area contributed by atoms with E-state index < -0.39 is 5.92 Å². The summed E-state index contributed by atoms with van der Waals surface area (Å²) in [5.74, 6) is -0.367. The quantitative estimate of drug-likeness (QED) is 0.747. The van der Waals surface area contributed by atoms with Gasteiger partial charge in [-0.2, -0.15) is 0 Å². The smallest absolute Gasteiger partial charge is 0.336 e. The van der Waals surface area contributed by atoms with Gasteiger partial charge >= 0.3 is 5.97 Å². The van der Waals surface area contributed by atoms with Gasteiger partial charge in [0.05, 0.1) is 12.2 Å². The van der Waals surface area contributed by atoms with E-state index >= 15 is 0 Å². The van der Waals surface area contributed by atoms with Crippen molar-refractivity contribution in [3.05, 3.63) is 70.6 Å². The zero-order chi connectivity index (χ0) is 20.5. The number of dihydropyridines is 1. The maximum Gasteiger partial charge on any atom is 0.336 e. The summed E-state index contributed by atoms with van der Waals surface area (Å²) in [6.45, 7) is 6.30. The Morgan fingerprint density at radius 1 is 1.14 bits per heavy atom. The van der Waals surface area contributed by atoms with E-state index in [0.717, 1.165) is 46.1 Å². The molecule has 0 spiro atoms. The Morgan fingerprint density at radius 3 is 2.69 bits per heavy atom. The van der Waals surface area contributed by atoms with Crippen LogP contribution in [0.2, 0.25) is 0 Å². The lowest BCUT2D eigenvalue weighted by atomic mass is 9.74. The number of Topliss-reactive ketones (excluding diaryl/α,β-unsaturated/α-hetero) is 1. The lowest BCUT2D eigenvalue weighted by Crippen LogP contribution is -2.34. The van der Waals surface area contributed by atoms with Crippen molar-refractivity contribution >= 4 is 22.5 Å². The van der Waals surface area contributed by atoms with Crippen LogP contribution >= 0.6 is 0 Å². The number of nitrogens with one attached hydrogen (secondary N) is 1. The number of hydrogen-bond donors (Lipinski definition) is 1. The molecule has 1 aliphatic carbocycles. The Kier molecular flexibility index (Phi) is 5.27. The molecule has 1 atom stereocenters. The molecule has 4 rings (SSSR count). The van der Waals surface area contributed by atoms with Crippen LogP contribution in [0.15, 0.2) is 65.0 Å². The van der Waals surface area contributed by atoms with E-state index in [1.807, 2.05) is 45.0 Å². The van der Waals surface area contributed by atoms with Crippen molar-refractivity contribution in [1.82, 2.24) is 5.32 Å². The summed E-state index contributed by atoms with van der Waals surface area (Å²) in [6, 6.07) is 14.2. The third-order valence-corrected chi connectivity index (χ3v) is 5.68. The maximum atomic E-state index is 13.2. The predicted molar refractivity (Wildman–Crippen MR) is 114 cm³/mol. The van der Waals surface area contributed by atoms with Gasteiger partial charge in [-0.05, 0) is 42.0 Å². The average molecular weight is 389 g/mol. The second-order valence-corrected chi connectivity index (χ2v) is 8.33. The molecule has 1 heterocycles. The van der Waals surface area contributed by atoms with Gasteiger partial charge in [0.15, 0.2) is 5.78 Å². The number of fused-ring (bicyclic) bond motifs is 1. The molecule has 29 heavy (non-hydrogen) atoms. The van der Waals surface area contributed by atoms with Crippen molar-refractivity contribution in [1.29, 1.82) is 0 Å². The first-order valence-corrected chi connectivity index (χ1v) is 10.4. The predicted octanol–water partition coefficient (Wildman–Crippen LogP) is 5.01. The monoisotopic (exact) mass is 389 g/mol. The van der Waals surface area contributed by atoms with Crippen LogP contribution < -0.4 is 5.32 Å². The second kappa shape index (κ2) is 7.86. The molecule has 2 aromatic carbocycles. The standard InChI is InChI=1S/C25H27NO3/c1-15(2)14-29-25(28)22-16(3)26-20-12-7-13-21(27)24(20)23(22)19-11-6-9-17-8-4-5-10-18(17)19/h4-6,8-11,15,23,26H,7,12-14H2,1-3H3/t23-/m1/s1. The van der Waals surface area contributed by atoms with Crippen molar-refractivity contribution in [3.8, 4) is 0 Å². The lowest BCUT2D eigenvalue weighted by molar-refractivity contribution is -0.140. The van der Waals surface area contributed by atoms with Gasteiger partial charge in [-0.15, -0.1) is 0 Å². The van der Waals surface area contributed by atoms with Crippen LogP contribution in [-0.4, -0.2) is 18.4 Å². The van der Waals surface area contributed by atoms with Gasteiger partial charge in [-0.3, -0.25) is 4.79 Å². The van der Waals surface area contributed by atoms with Crippen LogP contribution in [0, 0.1) is 5.92 Å². The first-order chi connectivity index (χ1) is 14.0. The Morgan fingerprint density at radius 2 is 1.90 bits per heavy atom. The molecular formula is C25H27NO3. The Hall–Kier alpha value is -2.88. The molecule has 1 aliphatic heterocycles. The summed E-state index contributed by atoms with van der Waals surface area (Å²) in [5, 5.41) is 5.52. The van der Waals surface area contributed by atoms with E-state index in [0.29, 0.717) is 18.6 Å². The van der Waals surface area contributed by atoms with Gasteiger partial charge in [0, 0.05) is 29.3 Å². The van der Waals surface area contributed by atoms with Gasteiger partial charge in [0.2, 0.25) is 0 Å². The summed E-state index contributed by atoms with van der Waals surface area (Å²) < 4.78 is 5.62. The molecule has 2 aliphatic rings. The van der Waals surface area contributed by atoms with Crippen LogP contribution in [0.25, 0.3) is 10.8 Å². The molecule has 0 radical (unpaired) electrons. The number of benzene rings is 2. The van der Waals surface area contributed by atoms with E-state index in [1.165, 1.54) is 0 Å². The van der Waals surface area contributed by atoms with Gasteiger partial charge in [-0.25, -0.2) is 4.79 Å². The van der Waals surface area contributed by atoms with Crippen LogP contribution in [0.4, 0.5) is 0 Å². The van der Waals surface area contributed by atoms with Crippen molar-refractivity contribution in [2.24, 2.45) is 5.92 Å². The minimum atomic E-state index is -0.398. The third kappa shape index (κ3) is 3.59. The molecule has 0 unspecified atom stereocenters. The molecular weight excluding hydrogens is 362 g/mol. The van der Waals surface area contributed by atoms with Crippen LogP contribution in [0.1, 0.15) is 51.5 Å². The fourth-order valence-electron chi connectivity index (χ4n) is 4.39. The number of esters is 1. The highest BCUT2D eigenvalue weighted by Crippen LogP contribution is 2.44. The third-order valence-electron chi connectivity index (χ3n) is 5.68. The summed E-state index contributed by atoms with van der Waals surface area (Å²) in [4.78, 5) is 26.2. The van der Waals surface area contributed by atoms with Gasteiger partial charge in [-0.1, -0.05) is 56.3 Å². The minimum Gasteiger partial charge on any atom is -0.462 e. The molecule has 4 heteroatoms. The van der Waals surface area contributed by atoms with E-state index in [2.05, 4.69) is 23.5 Å². The molecule has 2 aromatic rings. The molecule has 0 bridgehead atoms. The summed E-state index contributed by atoms with van der Waals surface area (Å²) in [5.41, 5.74) is 4.01. The minimum absolute atomic E-state index is 0.123. The van der Waals surface area contributed by atoms with Crippen molar-refractivity contribution in [2.75, 3.05) is 6.61 Å². The number of allylic oxidation sites excluding steroid dienone is 3. The lowest BCUT2D eigenvalue weighted by Gasteiger charge is -2.34. The molecule has 0 fully saturated rings. The maximum absolute atomic E-state index is 13.2. The molecule has 0 saturated heterocycles. The SMILES string of the molecule is CC1=C(C(=O)OCC(C)C)[C@@H](c2cccc3ccccc23)C2=C(CCCC2=O)N1. The van der Waals surface area contributed by atoms with E-state index in [1.54, 1.807) is 0 Å². The Bertz CT molecular complexity index is 1040. The number of carbonyl (C=O) groups excluding carboxylic acids is 2. The Labute approximate surface area is 171 Å². The number of ether oxygens (including phenoxy) is 1. The zero-order valence-corrected chi connectivity index (χ0v) is 17.2. The molecule has 0 amide bonds. The van der Waals surface area contributed by atoms with E-state index in [4.69, 9.17) is 4.74 Å². The molecule has 1 N–H and O–H groups in total. The summed E-state index contributed by atoms with van der Waals surface area (Å²) in [7, 11) is 0. The number of carbonyl (C=O) groups is 2. The van der Waals surface area contributed by atoms with E-state index in [9.17, 15) is 9.59 Å². The highest BCUT2D eigenvalue weighted by Gasteiger charge is 2.39. The molecule has 0 saturated carbocycles. The van der Waals surface area contributed by atoms with Gasteiger partial charge in [0.1, 0.15) is 0 Å². The fourth-order valence-corrected chi connectivity index (χ4v) is 4.39. The van der Waals surface area contributed by atoms with Crippen LogP contribution in [0.5, 0.6) is 0 Å². The summed E-state index contributed by atoms with van der Waals surface area (Å²) >= 11 is 0. The number of rotatable bonds is 4. The molecule has 0 aromatic heterocycles. The van der Waals surface area contributed by atoms with Crippen molar-refractivity contribution in [2.45, 2.75) is 46.0 Å². The highest BCUT2D eigenvalue weighted by molar-refractivity contribution is 6.05. The summed E-state index contributed by atoms with van der Waals surface area (Å²) in [6.07, 6.45) is 2.19. The topological polar surface area (TPSA) is 55.4 Å². The second-order valence-electron chi connectivity index (χ2n) is 8.33. The van der Waals surface area contributed by atoms with Crippen molar-refractivity contribution in [3.63, 3.8) is 0 Å². The molecule has 4 nitrogen and oxygen atoms in total. The Balaban J connectivity index is 1.90. The largest absolute Gasteiger partial charge is 0.462 e. The van der Waals surface area contributed by atoms with Gasteiger partial charge in [0.25, 0.3) is 0 Å².